The number of carbonyl (C=O) groups is 1. The maximum Gasteiger partial charge on any atom is 0.307 e. The molecule has 1 aliphatic rings. The average molecular weight is 285 g/mol. The molecule has 0 bridgehead atoms. The summed E-state index contributed by atoms with van der Waals surface area (Å²) in [4.78, 5) is 10.8. The summed E-state index contributed by atoms with van der Waals surface area (Å²) in [6.07, 6.45) is 1.67. The van der Waals surface area contributed by atoms with Crippen molar-refractivity contribution in [1.29, 1.82) is 0 Å². The highest BCUT2D eigenvalue weighted by Crippen LogP contribution is 2.48. The van der Waals surface area contributed by atoms with Gasteiger partial charge < -0.3 is 9.84 Å². The number of benzene rings is 1. The number of methoxy groups -OCH3 is 1. The molecule has 0 heterocycles. The van der Waals surface area contributed by atoms with E-state index in [2.05, 4.69) is 4.72 Å². The summed E-state index contributed by atoms with van der Waals surface area (Å²) in [5.74, 6) is -0.779. The monoisotopic (exact) mass is 285 g/mol. The van der Waals surface area contributed by atoms with Crippen LogP contribution in [0.15, 0.2) is 18.2 Å². The predicted octanol–water partition coefficient (Wildman–Crippen LogP) is 1.25. The maximum atomic E-state index is 11.2. The summed E-state index contributed by atoms with van der Waals surface area (Å²) >= 11 is 0. The van der Waals surface area contributed by atoms with E-state index in [0.717, 1.165) is 11.8 Å². The zero-order valence-corrected chi connectivity index (χ0v) is 11.4. The van der Waals surface area contributed by atoms with Crippen molar-refractivity contribution in [2.24, 2.45) is 5.92 Å². The van der Waals surface area contributed by atoms with Crippen molar-refractivity contribution in [3.05, 3.63) is 23.8 Å². The Kier molecular flexibility index (Phi) is 3.40. The Hall–Kier alpha value is -1.76. The number of rotatable bonds is 5. The lowest BCUT2D eigenvalue weighted by molar-refractivity contribution is -0.138. The van der Waals surface area contributed by atoms with Crippen LogP contribution in [0.4, 0.5) is 5.69 Å². The van der Waals surface area contributed by atoms with E-state index in [1.165, 1.54) is 7.11 Å². The van der Waals surface area contributed by atoms with Crippen LogP contribution in [0, 0.1) is 5.92 Å². The standard InChI is InChI=1S/C12H15NO5S/c1-18-11-5-7(8-6-9(8)12(14)15)3-4-10(11)13-19(2,16)17/h3-5,8-9,13H,6H2,1-2H3,(H,14,15)/t8-,9-/m1/s1. The van der Waals surface area contributed by atoms with Gasteiger partial charge in [0.15, 0.2) is 0 Å². The molecule has 19 heavy (non-hydrogen) atoms. The molecule has 1 fully saturated rings. The lowest BCUT2D eigenvalue weighted by atomic mass is 10.1. The Balaban J connectivity index is 2.25. The third-order valence-electron chi connectivity index (χ3n) is 3.06. The molecule has 0 aromatic heterocycles. The third-order valence-corrected chi connectivity index (χ3v) is 3.65. The number of hydrogen-bond acceptors (Lipinski definition) is 4. The number of hydrogen-bond donors (Lipinski definition) is 2. The molecule has 7 heteroatoms. The molecule has 2 N–H and O–H groups in total. The van der Waals surface area contributed by atoms with Crippen LogP contribution in [-0.4, -0.2) is 32.9 Å². The second-order valence-electron chi connectivity index (χ2n) is 4.62. The van der Waals surface area contributed by atoms with Gasteiger partial charge in [-0.1, -0.05) is 6.07 Å². The highest BCUT2D eigenvalue weighted by Gasteiger charge is 2.44. The normalized spacial score (nSPS) is 21.8. The second kappa shape index (κ2) is 4.73. The molecule has 1 saturated carbocycles. The Morgan fingerprint density at radius 2 is 2.16 bits per heavy atom. The first-order valence-electron chi connectivity index (χ1n) is 5.70. The van der Waals surface area contributed by atoms with Crippen molar-refractivity contribution in [2.45, 2.75) is 12.3 Å². The van der Waals surface area contributed by atoms with Crippen LogP contribution in [0.1, 0.15) is 17.9 Å². The van der Waals surface area contributed by atoms with E-state index in [1.54, 1.807) is 18.2 Å². The lowest BCUT2D eigenvalue weighted by Gasteiger charge is -2.11. The van der Waals surface area contributed by atoms with Crippen LogP contribution in [0.2, 0.25) is 0 Å². The topological polar surface area (TPSA) is 92.7 Å². The molecule has 6 nitrogen and oxygen atoms in total. The van der Waals surface area contributed by atoms with Gasteiger partial charge >= 0.3 is 5.97 Å². The van der Waals surface area contributed by atoms with E-state index >= 15 is 0 Å². The lowest BCUT2D eigenvalue weighted by Crippen LogP contribution is -2.10. The van der Waals surface area contributed by atoms with Crippen LogP contribution in [0.25, 0.3) is 0 Å². The van der Waals surface area contributed by atoms with E-state index in [0.29, 0.717) is 17.9 Å². The smallest absolute Gasteiger partial charge is 0.307 e. The van der Waals surface area contributed by atoms with Gasteiger partial charge in [-0.05, 0) is 30.0 Å². The summed E-state index contributed by atoms with van der Waals surface area (Å²) in [5, 5.41) is 8.90. The number of nitrogens with one attached hydrogen (secondary N) is 1. The first-order chi connectivity index (χ1) is 8.81. The van der Waals surface area contributed by atoms with E-state index in [4.69, 9.17) is 9.84 Å². The minimum absolute atomic E-state index is 0.0151. The number of aliphatic carboxylic acids is 1. The van der Waals surface area contributed by atoms with Crippen LogP contribution in [-0.2, 0) is 14.8 Å². The molecule has 0 spiro atoms. The largest absolute Gasteiger partial charge is 0.495 e. The van der Waals surface area contributed by atoms with Gasteiger partial charge in [0, 0.05) is 0 Å². The highest BCUT2D eigenvalue weighted by atomic mass is 32.2. The molecule has 0 amide bonds. The highest BCUT2D eigenvalue weighted by molar-refractivity contribution is 7.92. The van der Waals surface area contributed by atoms with Crippen LogP contribution in [0.5, 0.6) is 5.75 Å². The first kappa shape index (κ1) is 13.7. The summed E-state index contributed by atoms with van der Waals surface area (Å²) in [6, 6.07) is 5.00. The Morgan fingerprint density at radius 1 is 1.47 bits per heavy atom. The fourth-order valence-corrected chi connectivity index (χ4v) is 2.63. The molecule has 0 radical (unpaired) electrons. The zero-order chi connectivity index (χ0) is 14.2. The number of carboxylic acids is 1. The molecular weight excluding hydrogens is 270 g/mol. The van der Waals surface area contributed by atoms with Crippen molar-refractivity contribution >= 4 is 21.7 Å². The molecule has 2 atom stereocenters. The van der Waals surface area contributed by atoms with Gasteiger partial charge in [-0.3, -0.25) is 9.52 Å². The minimum atomic E-state index is -3.38. The molecule has 1 aliphatic carbocycles. The SMILES string of the molecule is COc1cc([C@H]2C[C@H]2C(=O)O)ccc1NS(C)(=O)=O. The van der Waals surface area contributed by atoms with E-state index in [9.17, 15) is 13.2 Å². The minimum Gasteiger partial charge on any atom is -0.495 e. The van der Waals surface area contributed by atoms with Crippen LogP contribution < -0.4 is 9.46 Å². The zero-order valence-electron chi connectivity index (χ0n) is 10.6. The molecular formula is C12H15NO5S. The number of anilines is 1. The van der Waals surface area contributed by atoms with Gasteiger partial charge in [-0.25, -0.2) is 8.42 Å². The van der Waals surface area contributed by atoms with Gasteiger partial charge in [0.2, 0.25) is 10.0 Å². The Labute approximate surface area is 111 Å². The van der Waals surface area contributed by atoms with E-state index < -0.39 is 16.0 Å². The van der Waals surface area contributed by atoms with Crippen molar-refractivity contribution in [1.82, 2.24) is 0 Å². The number of sulfonamides is 1. The molecule has 0 unspecified atom stereocenters. The first-order valence-corrected chi connectivity index (χ1v) is 7.59. The van der Waals surface area contributed by atoms with E-state index in [-0.39, 0.29) is 11.8 Å². The molecule has 104 valence electrons. The van der Waals surface area contributed by atoms with Crippen molar-refractivity contribution in [3.8, 4) is 5.75 Å². The van der Waals surface area contributed by atoms with Gasteiger partial charge in [0.05, 0.1) is 25.0 Å². The molecule has 2 rings (SSSR count). The third kappa shape index (κ3) is 3.17. The quantitative estimate of drug-likeness (QED) is 0.849. The number of carboxylic acid groups (broad SMARTS) is 1. The Morgan fingerprint density at radius 3 is 2.63 bits per heavy atom. The second-order valence-corrected chi connectivity index (χ2v) is 6.37. The van der Waals surface area contributed by atoms with Crippen molar-refractivity contribution in [2.75, 3.05) is 18.1 Å². The van der Waals surface area contributed by atoms with Crippen LogP contribution in [0.3, 0.4) is 0 Å². The average Bonchev–Trinajstić information content (AvgIpc) is 3.07. The number of ether oxygens (including phenoxy) is 1. The fourth-order valence-electron chi connectivity index (χ4n) is 2.06. The molecule has 0 aliphatic heterocycles. The van der Waals surface area contributed by atoms with Crippen molar-refractivity contribution < 1.29 is 23.1 Å². The summed E-state index contributed by atoms with van der Waals surface area (Å²) in [7, 11) is -1.94. The van der Waals surface area contributed by atoms with E-state index in [1.807, 2.05) is 0 Å². The van der Waals surface area contributed by atoms with Gasteiger partial charge in [0.25, 0.3) is 0 Å². The molecule has 0 saturated heterocycles. The van der Waals surface area contributed by atoms with Gasteiger partial charge in [-0.15, -0.1) is 0 Å². The van der Waals surface area contributed by atoms with Gasteiger partial charge in [-0.2, -0.15) is 0 Å². The molecule has 1 aromatic rings. The summed E-state index contributed by atoms with van der Waals surface area (Å²) < 4.78 is 29.9. The summed E-state index contributed by atoms with van der Waals surface area (Å²) in [5.41, 5.74) is 1.20. The Bertz CT molecular complexity index is 611. The fraction of sp³-hybridized carbons (Fsp3) is 0.417. The van der Waals surface area contributed by atoms with Crippen LogP contribution >= 0.6 is 0 Å². The predicted molar refractivity (Wildman–Crippen MR) is 69.9 cm³/mol. The molecule has 1 aromatic carbocycles. The van der Waals surface area contributed by atoms with Crippen molar-refractivity contribution in [3.63, 3.8) is 0 Å². The maximum absolute atomic E-state index is 11.2. The van der Waals surface area contributed by atoms with Gasteiger partial charge in [0.1, 0.15) is 5.75 Å². The summed E-state index contributed by atoms with van der Waals surface area (Å²) in [6.45, 7) is 0.